The molecule has 1 N–H and O–H groups in total. The van der Waals surface area contributed by atoms with Crippen LogP contribution in [-0.2, 0) is 0 Å². The zero-order chi connectivity index (χ0) is 14.8. The summed E-state index contributed by atoms with van der Waals surface area (Å²) in [6.45, 7) is 6.86. The number of benzene rings is 1. The number of ketones is 1. The Balaban J connectivity index is 1.77. The lowest BCUT2D eigenvalue weighted by atomic mass is 10.1. The minimum Gasteiger partial charge on any atom is -0.342 e. The SMILES string of the molecule is CC(C)c1nc2ccc(C(=O)CN3CCCCC3)cc2[nH]1. The molecule has 1 fully saturated rings. The third-order valence-corrected chi connectivity index (χ3v) is 4.18. The maximum Gasteiger partial charge on any atom is 0.176 e. The highest BCUT2D eigenvalue weighted by Gasteiger charge is 2.16. The number of piperidine rings is 1. The van der Waals surface area contributed by atoms with Crippen LogP contribution in [0.2, 0.25) is 0 Å². The van der Waals surface area contributed by atoms with Gasteiger partial charge in [-0.3, -0.25) is 9.69 Å². The van der Waals surface area contributed by atoms with E-state index in [9.17, 15) is 4.79 Å². The van der Waals surface area contributed by atoms with Crippen LogP contribution >= 0.6 is 0 Å². The van der Waals surface area contributed by atoms with Gasteiger partial charge in [0.2, 0.25) is 0 Å². The summed E-state index contributed by atoms with van der Waals surface area (Å²) in [5, 5.41) is 0. The zero-order valence-corrected chi connectivity index (χ0v) is 12.9. The number of aromatic nitrogens is 2. The summed E-state index contributed by atoms with van der Waals surface area (Å²) in [5.41, 5.74) is 2.68. The summed E-state index contributed by atoms with van der Waals surface area (Å²) in [5.74, 6) is 1.55. The highest BCUT2D eigenvalue weighted by molar-refractivity contribution is 6.00. The maximum atomic E-state index is 12.4. The fraction of sp³-hybridized carbons (Fsp3) is 0.529. The van der Waals surface area contributed by atoms with Crippen LogP contribution in [0.3, 0.4) is 0 Å². The van der Waals surface area contributed by atoms with Crippen molar-refractivity contribution in [2.24, 2.45) is 0 Å². The first-order valence-corrected chi connectivity index (χ1v) is 7.88. The fourth-order valence-corrected chi connectivity index (χ4v) is 2.89. The summed E-state index contributed by atoms with van der Waals surface area (Å²) in [4.78, 5) is 22.6. The molecule has 3 rings (SSSR count). The Bertz CT molecular complexity index is 639. The molecule has 0 bridgehead atoms. The van der Waals surface area contributed by atoms with E-state index in [4.69, 9.17) is 0 Å². The molecule has 2 heterocycles. The predicted octanol–water partition coefficient (Wildman–Crippen LogP) is 3.35. The Morgan fingerprint density at radius 1 is 1.29 bits per heavy atom. The van der Waals surface area contributed by atoms with Crippen molar-refractivity contribution in [1.82, 2.24) is 14.9 Å². The molecule has 4 heteroatoms. The molecule has 1 saturated heterocycles. The van der Waals surface area contributed by atoms with E-state index in [1.165, 1.54) is 19.3 Å². The second kappa shape index (κ2) is 5.98. The summed E-state index contributed by atoms with van der Waals surface area (Å²) < 4.78 is 0. The number of imidazole rings is 1. The largest absolute Gasteiger partial charge is 0.342 e. The second-order valence-electron chi connectivity index (χ2n) is 6.27. The van der Waals surface area contributed by atoms with E-state index in [1.807, 2.05) is 18.2 Å². The Morgan fingerprint density at radius 3 is 2.76 bits per heavy atom. The molecule has 1 aliphatic heterocycles. The fourth-order valence-electron chi connectivity index (χ4n) is 2.89. The number of carbonyl (C=O) groups excluding carboxylic acids is 1. The number of hydrogen-bond acceptors (Lipinski definition) is 3. The zero-order valence-electron chi connectivity index (χ0n) is 12.9. The number of carbonyl (C=O) groups is 1. The van der Waals surface area contributed by atoms with E-state index < -0.39 is 0 Å². The number of fused-ring (bicyclic) bond motifs is 1. The van der Waals surface area contributed by atoms with Gasteiger partial charge in [0.25, 0.3) is 0 Å². The summed E-state index contributed by atoms with van der Waals surface area (Å²) in [6.07, 6.45) is 3.72. The standard InChI is InChI=1S/C17H23N3O/c1-12(2)17-18-14-7-6-13(10-15(14)19-17)16(21)11-20-8-4-3-5-9-20/h6-7,10,12H,3-5,8-9,11H2,1-2H3,(H,18,19). The molecule has 0 unspecified atom stereocenters. The van der Waals surface area contributed by atoms with Crippen molar-refractivity contribution < 1.29 is 4.79 Å². The molecule has 0 saturated carbocycles. The van der Waals surface area contributed by atoms with Gasteiger partial charge in [0.15, 0.2) is 5.78 Å². The van der Waals surface area contributed by atoms with Crippen molar-refractivity contribution in [3.63, 3.8) is 0 Å². The van der Waals surface area contributed by atoms with Crippen LogP contribution in [0.5, 0.6) is 0 Å². The lowest BCUT2D eigenvalue weighted by Gasteiger charge is -2.25. The third kappa shape index (κ3) is 3.16. The number of nitrogens with zero attached hydrogens (tertiary/aromatic N) is 2. The number of Topliss-reactive ketones (excluding diaryl/α,β-unsaturated/α-hetero) is 1. The molecule has 1 aromatic heterocycles. The quantitative estimate of drug-likeness (QED) is 0.876. The van der Waals surface area contributed by atoms with E-state index in [1.54, 1.807) is 0 Å². The molecule has 0 spiro atoms. The Kier molecular flexibility index (Phi) is 4.06. The van der Waals surface area contributed by atoms with Gasteiger partial charge in [0.1, 0.15) is 5.82 Å². The van der Waals surface area contributed by atoms with Crippen molar-refractivity contribution in [3.8, 4) is 0 Å². The van der Waals surface area contributed by atoms with Crippen LogP contribution in [-0.4, -0.2) is 40.3 Å². The minimum absolute atomic E-state index is 0.208. The first-order chi connectivity index (χ1) is 10.1. The predicted molar refractivity (Wildman–Crippen MR) is 84.8 cm³/mol. The summed E-state index contributed by atoms with van der Waals surface area (Å²) in [7, 11) is 0. The molecule has 2 aromatic rings. The number of nitrogens with one attached hydrogen (secondary N) is 1. The summed E-state index contributed by atoms with van der Waals surface area (Å²) in [6, 6.07) is 5.79. The van der Waals surface area contributed by atoms with Crippen LogP contribution in [0.4, 0.5) is 0 Å². The number of rotatable bonds is 4. The van der Waals surface area contributed by atoms with Gasteiger partial charge in [0.05, 0.1) is 17.6 Å². The van der Waals surface area contributed by atoms with E-state index in [-0.39, 0.29) is 5.78 Å². The topological polar surface area (TPSA) is 49.0 Å². The monoisotopic (exact) mass is 285 g/mol. The molecule has 0 amide bonds. The van der Waals surface area contributed by atoms with Crippen LogP contribution in [0.1, 0.15) is 55.2 Å². The normalized spacial score (nSPS) is 16.7. The Hall–Kier alpha value is -1.68. The minimum atomic E-state index is 0.208. The molecular formula is C17H23N3O. The van der Waals surface area contributed by atoms with Gasteiger partial charge >= 0.3 is 0 Å². The van der Waals surface area contributed by atoms with Crippen LogP contribution < -0.4 is 0 Å². The van der Waals surface area contributed by atoms with Crippen molar-refractivity contribution in [1.29, 1.82) is 0 Å². The van der Waals surface area contributed by atoms with E-state index >= 15 is 0 Å². The molecule has 1 aromatic carbocycles. The van der Waals surface area contributed by atoms with Gasteiger partial charge in [-0.05, 0) is 44.1 Å². The van der Waals surface area contributed by atoms with Gasteiger partial charge in [-0.15, -0.1) is 0 Å². The van der Waals surface area contributed by atoms with Gasteiger partial charge in [-0.2, -0.15) is 0 Å². The smallest absolute Gasteiger partial charge is 0.176 e. The van der Waals surface area contributed by atoms with E-state index in [2.05, 4.69) is 28.7 Å². The van der Waals surface area contributed by atoms with E-state index in [0.717, 1.165) is 35.5 Å². The lowest BCUT2D eigenvalue weighted by Crippen LogP contribution is -2.34. The molecule has 112 valence electrons. The van der Waals surface area contributed by atoms with Crippen LogP contribution in [0, 0.1) is 0 Å². The first-order valence-electron chi connectivity index (χ1n) is 7.88. The van der Waals surface area contributed by atoms with Gasteiger partial charge < -0.3 is 4.98 Å². The molecule has 0 atom stereocenters. The highest BCUT2D eigenvalue weighted by atomic mass is 16.1. The van der Waals surface area contributed by atoms with Gasteiger partial charge in [0, 0.05) is 11.5 Å². The highest BCUT2D eigenvalue weighted by Crippen LogP contribution is 2.19. The molecular weight excluding hydrogens is 262 g/mol. The lowest BCUT2D eigenvalue weighted by molar-refractivity contribution is 0.0916. The maximum absolute atomic E-state index is 12.4. The molecule has 1 aliphatic rings. The Morgan fingerprint density at radius 2 is 2.05 bits per heavy atom. The van der Waals surface area contributed by atoms with Crippen molar-refractivity contribution in [2.45, 2.75) is 39.0 Å². The first kappa shape index (κ1) is 14.3. The van der Waals surface area contributed by atoms with Crippen LogP contribution in [0.25, 0.3) is 11.0 Å². The van der Waals surface area contributed by atoms with Gasteiger partial charge in [-0.1, -0.05) is 20.3 Å². The van der Waals surface area contributed by atoms with E-state index in [0.29, 0.717) is 12.5 Å². The third-order valence-electron chi connectivity index (χ3n) is 4.18. The summed E-state index contributed by atoms with van der Waals surface area (Å²) >= 11 is 0. The van der Waals surface area contributed by atoms with Gasteiger partial charge in [-0.25, -0.2) is 4.98 Å². The average molecular weight is 285 g/mol. The average Bonchev–Trinajstić information content (AvgIpc) is 2.91. The Labute approximate surface area is 125 Å². The number of aromatic amines is 1. The van der Waals surface area contributed by atoms with Crippen LogP contribution in [0.15, 0.2) is 18.2 Å². The molecule has 21 heavy (non-hydrogen) atoms. The number of H-pyrrole nitrogens is 1. The number of hydrogen-bond donors (Lipinski definition) is 1. The van der Waals surface area contributed by atoms with Crippen molar-refractivity contribution in [2.75, 3.05) is 19.6 Å². The van der Waals surface area contributed by atoms with Crippen molar-refractivity contribution in [3.05, 3.63) is 29.6 Å². The second-order valence-corrected chi connectivity index (χ2v) is 6.27. The van der Waals surface area contributed by atoms with Crippen molar-refractivity contribution >= 4 is 16.8 Å². The molecule has 0 radical (unpaired) electrons. The molecule has 0 aliphatic carbocycles. The molecule has 4 nitrogen and oxygen atoms in total. The number of likely N-dealkylation sites (tertiary alicyclic amines) is 1.